The topological polar surface area (TPSA) is 46.5 Å². The van der Waals surface area contributed by atoms with Crippen LogP contribution in [0.3, 0.4) is 0 Å². The van der Waals surface area contributed by atoms with Gasteiger partial charge in [-0.1, -0.05) is 53.0 Å². The zero-order valence-electron chi connectivity index (χ0n) is 13.6. The van der Waals surface area contributed by atoms with E-state index in [-0.39, 0.29) is 11.3 Å². The van der Waals surface area contributed by atoms with E-state index in [4.69, 9.17) is 44.6 Å². The summed E-state index contributed by atoms with van der Waals surface area (Å²) in [6, 6.07) is 15.0. The van der Waals surface area contributed by atoms with Crippen LogP contribution in [0, 0.1) is 5.82 Å². The van der Waals surface area contributed by atoms with Crippen molar-refractivity contribution in [3.05, 3.63) is 98.2 Å². The Hall–Kier alpha value is -2.27. The van der Waals surface area contributed by atoms with E-state index in [1.165, 1.54) is 0 Å². The van der Waals surface area contributed by atoms with E-state index in [2.05, 4.69) is 0 Å². The maximum absolute atomic E-state index is 14.3. The van der Waals surface area contributed by atoms with Gasteiger partial charge in [0.25, 0.3) is 0 Å². The molecule has 0 heterocycles. The molecule has 0 saturated carbocycles. The van der Waals surface area contributed by atoms with Crippen molar-refractivity contribution in [2.45, 2.75) is 6.10 Å². The van der Waals surface area contributed by atoms with E-state index >= 15 is 0 Å². The Labute approximate surface area is 169 Å². The molecule has 0 spiro atoms. The fraction of sp³-hybridized carbons (Fsp3) is 0.0500. The van der Waals surface area contributed by atoms with Crippen molar-refractivity contribution in [1.82, 2.24) is 0 Å². The molecule has 7 heteroatoms. The van der Waals surface area contributed by atoms with Crippen LogP contribution in [-0.2, 0) is 0 Å². The number of aromatic carboxylic acids is 1. The first-order valence-electron chi connectivity index (χ1n) is 7.75. The molecular weight excluding hydrogens is 414 g/mol. The van der Waals surface area contributed by atoms with Gasteiger partial charge in [0.15, 0.2) is 17.7 Å². The van der Waals surface area contributed by atoms with Crippen LogP contribution in [-0.4, -0.2) is 11.1 Å². The minimum Gasteiger partial charge on any atom is -0.478 e. The van der Waals surface area contributed by atoms with Crippen molar-refractivity contribution in [1.29, 1.82) is 0 Å². The van der Waals surface area contributed by atoms with Crippen molar-refractivity contribution in [2.24, 2.45) is 0 Å². The second-order valence-corrected chi connectivity index (χ2v) is 6.95. The summed E-state index contributed by atoms with van der Waals surface area (Å²) < 4.78 is 20.1. The molecule has 1 N–H and O–H groups in total. The van der Waals surface area contributed by atoms with Gasteiger partial charge in [-0.15, -0.1) is 0 Å². The number of hydrogen-bond acceptors (Lipinski definition) is 2. The summed E-state index contributed by atoms with van der Waals surface area (Å²) in [6.45, 7) is 0. The Bertz CT molecular complexity index is 990. The van der Waals surface area contributed by atoms with E-state index in [0.29, 0.717) is 26.2 Å². The summed E-state index contributed by atoms with van der Waals surface area (Å²) in [5.74, 6) is -2.09. The van der Waals surface area contributed by atoms with Crippen molar-refractivity contribution in [3.63, 3.8) is 0 Å². The fourth-order valence-corrected chi connectivity index (χ4v) is 3.15. The van der Waals surface area contributed by atoms with Crippen molar-refractivity contribution < 1.29 is 19.0 Å². The van der Waals surface area contributed by atoms with E-state index in [1.807, 2.05) is 0 Å². The SMILES string of the molecule is O=C(O)c1ccc(F)c(OC(c2ccc(Cl)cc2)c2ccc(Cl)cc2Cl)c1. The highest BCUT2D eigenvalue weighted by Gasteiger charge is 2.22. The molecule has 3 nitrogen and oxygen atoms in total. The lowest BCUT2D eigenvalue weighted by Crippen LogP contribution is -2.11. The lowest BCUT2D eigenvalue weighted by atomic mass is 10.0. The monoisotopic (exact) mass is 424 g/mol. The molecule has 3 aromatic carbocycles. The largest absolute Gasteiger partial charge is 0.478 e. The Morgan fingerprint density at radius 2 is 1.59 bits per heavy atom. The quantitative estimate of drug-likeness (QED) is 0.497. The lowest BCUT2D eigenvalue weighted by Gasteiger charge is -2.22. The Morgan fingerprint density at radius 1 is 0.926 bits per heavy atom. The van der Waals surface area contributed by atoms with Gasteiger partial charge in [-0.25, -0.2) is 9.18 Å². The molecule has 1 atom stereocenters. The van der Waals surface area contributed by atoms with Crippen LogP contribution in [0.15, 0.2) is 60.7 Å². The standard InChI is InChI=1S/C20H12Cl3FO3/c21-13-4-1-11(2-5-13)19(15-7-6-14(22)10-16(15)23)27-18-9-12(20(25)26)3-8-17(18)24/h1-10,19H,(H,25,26). The molecule has 138 valence electrons. The highest BCUT2D eigenvalue weighted by Crippen LogP contribution is 2.35. The maximum atomic E-state index is 14.3. The number of halogens is 4. The maximum Gasteiger partial charge on any atom is 0.335 e. The van der Waals surface area contributed by atoms with Crippen LogP contribution in [0.4, 0.5) is 4.39 Å². The van der Waals surface area contributed by atoms with Crippen LogP contribution in [0.2, 0.25) is 15.1 Å². The van der Waals surface area contributed by atoms with Crippen molar-refractivity contribution in [2.75, 3.05) is 0 Å². The number of ether oxygens (including phenoxy) is 1. The first kappa shape index (κ1) is 19.5. The van der Waals surface area contributed by atoms with Crippen molar-refractivity contribution >= 4 is 40.8 Å². The van der Waals surface area contributed by atoms with Crippen LogP contribution < -0.4 is 4.74 Å². The minimum atomic E-state index is -1.19. The third-order valence-corrected chi connectivity index (χ3v) is 4.66. The Morgan fingerprint density at radius 3 is 2.22 bits per heavy atom. The average molecular weight is 426 g/mol. The highest BCUT2D eigenvalue weighted by atomic mass is 35.5. The summed E-state index contributed by atoms with van der Waals surface area (Å²) in [5.41, 5.74) is 1.11. The van der Waals surface area contributed by atoms with Gasteiger partial charge < -0.3 is 9.84 Å². The highest BCUT2D eigenvalue weighted by molar-refractivity contribution is 6.35. The molecule has 0 aliphatic heterocycles. The van der Waals surface area contributed by atoms with Gasteiger partial charge in [-0.05, 0) is 48.0 Å². The van der Waals surface area contributed by atoms with Crippen LogP contribution in [0.25, 0.3) is 0 Å². The summed E-state index contributed by atoms with van der Waals surface area (Å²) in [5, 5.41) is 10.4. The number of rotatable bonds is 5. The molecule has 27 heavy (non-hydrogen) atoms. The molecule has 3 rings (SSSR count). The zero-order chi connectivity index (χ0) is 19.6. The number of carboxylic acids is 1. The van der Waals surface area contributed by atoms with Crippen LogP contribution in [0.1, 0.15) is 27.6 Å². The molecule has 0 bridgehead atoms. The summed E-state index contributed by atoms with van der Waals surface area (Å²) in [4.78, 5) is 11.2. The fourth-order valence-electron chi connectivity index (χ4n) is 2.52. The first-order valence-corrected chi connectivity index (χ1v) is 8.88. The molecule has 0 aliphatic rings. The van der Waals surface area contributed by atoms with E-state index in [1.54, 1.807) is 42.5 Å². The smallest absolute Gasteiger partial charge is 0.335 e. The third kappa shape index (κ3) is 4.53. The molecular formula is C20H12Cl3FO3. The zero-order valence-corrected chi connectivity index (χ0v) is 15.9. The second kappa shape index (κ2) is 8.17. The number of carboxylic acid groups (broad SMARTS) is 1. The predicted molar refractivity (Wildman–Crippen MR) is 104 cm³/mol. The second-order valence-electron chi connectivity index (χ2n) is 5.67. The molecule has 3 aromatic rings. The first-order chi connectivity index (χ1) is 12.8. The molecule has 0 aromatic heterocycles. The molecule has 0 saturated heterocycles. The van der Waals surface area contributed by atoms with E-state index in [9.17, 15) is 9.18 Å². The van der Waals surface area contributed by atoms with Gasteiger partial charge in [0.05, 0.1) is 5.56 Å². The molecule has 0 aliphatic carbocycles. The van der Waals surface area contributed by atoms with Crippen LogP contribution in [0.5, 0.6) is 5.75 Å². The number of hydrogen-bond donors (Lipinski definition) is 1. The average Bonchev–Trinajstić information content (AvgIpc) is 2.62. The molecule has 0 amide bonds. The number of carbonyl (C=O) groups is 1. The Kier molecular flexibility index (Phi) is 5.90. The summed E-state index contributed by atoms with van der Waals surface area (Å²) in [7, 11) is 0. The van der Waals surface area contributed by atoms with Gasteiger partial charge in [0.2, 0.25) is 0 Å². The lowest BCUT2D eigenvalue weighted by molar-refractivity contribution is 0.0696. The van der Waals surface area contributed by atoms with E-state index in [0.717, 1.165) is 18.2 Å². The predicted octanol–water partition coefficient (Wildman–Crippen LogP) is 6.65. The van der Waals surface area contributed by atoms with Gasteiger partial charge in [0.1, 0.15) is 0 Å². The van der Waals surface area contributed by atoms with Gasteiger partial charge in [-0.2, -0.15) is 0 Å². The van der Waals surface area contributed by atoms with Gasteiger partial charge in [0, 0.05) is 20.6 Å². The third-order valence-electron chi connectivity index (χ3n) is 3.84. The number of benzene rings is 3. The molecule has 0 fully saturated rings. The summed E-state index contributed by atoms with van der Waals surface area (Å²) >= 11 is 18.2. The Balaban J connectivity index is 2.09. The van der Waals surface area contributed by atoms with E-state index < -0.39 is 17.9 Å². The molecule has 0 radical (unpaired) electrons. The minimum absolute atomic E-state index is 0.0940. The summed E-state index contributed by atoms with van der Waals surface area (Å²) in [6.07, 6.45) is -0.800. The van der Waals surface area contributed by atoms with Gasteiger partial charge >= 0.3 is 5.97 Å². The molecule has 1 unspecified atom stereocenters. The van der Waals surface area contributed by atoms with Gasteiger partial charge in [-0.3, -0.25) is 0 Å². The van der Waals surface area contributed by atoms with Crippen LogP contribution >= 0.6 is 34.8 Å². The van der Waals surface area contributed by atoms with Crippen molar-refractivity contribution in [3.8, 4) is 5.75 Å². The normalized spacial score (nSPS) is 11.9.